The van der Waals surface area contributed by atoms with Crippen molar-refractivity contribution in [2.24, 2.45) is 5.73 Å². The molecule has 0 saturated heterocycles. The molecule has 3 aromatic rings. The minimum absolute atomic E-state index is 0.102. The highest BCUT2D eigenvalue weighted by atomic mass is 79.9. The fourth-order valence-corrected chi connectivity index (χ4v) is 4.40. The number of H-pyrrole nitrogens is 1. The Kier molecular flexibility index (Phi) is 3.63. The first-order chi connectivity index (χ1) is 11.7. The highest BCUT2D eigenvalue weighted by Crippen LogP contribution is 2.47. The molecule has 0 saturated carbocycles. The van der Waals surface area contributed by atoms with Crippen molar-refractivity contribution in [2.75, 3.05) is 0 Å². The zero-order valence-electron chi connectivity index (χ0n) is 12.3. The molecule has 0 bridgehead atoms. The van der Waals surface area contributed by atoms with Gasteiger partial charge in [0.2, 0.25) is 11.8 Å². The highest BCUT2D eigenvalue weighted by Gasteiger charge is 2.36. The molecular formula is C17H11BrN4OS. The Morgan fingerprint density at radius 3 is 2.79 bits per heavy atom. The second-order valence-corrected chi connectivity index (χ2v) is 7.13. The van der Waals surface area contributed by atoms with Crippen molar-refractivity contribution in [3.8, 4) is 23.2 Å². The van der Waals surface area contributed by atoms with Gasteiger partial charge >= 0.3 is 0 Å². The van der Waals surface area contributed by atoms with Crippen LogP contribution < -0.4 is 10.5 Å². The van der Waals surface area contributed by atoms with E-state index in [1.54, 1.807) is 11.3 Å². The Morgan fingerprint density at radius 1 is 1.33 bits per heavy atom. The zero-order chi connectivity index (χ0) is 16.7. The summed E-state index contributed by atoms with van der Waals surface area (Å²) >= 11 is 5.04. The Hall–Kier alpha value is -2.56. The molecule has 1 aromatic carbocycles. The number of benzene rings is 1. The number of fused-ring (bicyclic) bond motifs is 1. The second kappa shape index (κ2) is 5.82. The first-order valence-corrected chi connectivity index (χ1v) is 8.81. The number of aromatic nitrogens is 2. The number of hydrogen-bond acceptors (Lipinski definition) is 5. The first-order valence-electron chi connectivity index (χ1n) is 7.14. The Morgan fingerprint density at radius 2 is 2.12 bits per heavy atom. The van der Waals surface area contributed by atoms with Gasteiger partial charge in [-0.05, 0) is 27.6 Å². The largest absolute Gasteiger partial charge is 0.420 e. The van der Waals surface area contributed by atoms with Gasteiger partial charge in [-0.2, -0.15) is 5.26 Å². The third-order valence-corrected chi connectivity index (χ3v) is 5.63. The van der Waals surface area contributed by atoms with Crippen LogP contribution in [-0.2, 0) is 0 Å². The minimum Gasteiger partial charge on any atom is -0.420 e. The fraction of sp³-hybridized carbons (Fsp3) is 0.0588. The second-order valence-electron chi connectivity index (χ2n) is 5.28. The molecule has 0 spiro atoms. The van der Waals surface area contributed by atoms with Crippen LogP contribution in [0.25, 0.3) is 11.3 Å². The maximum absolute atomic E-state index is 9.62. The molecule has 3 heterocycles. The van der Waals surface area contributed by atoms with Gasteiger partial charge in [0.1, 0.15) is 11.6 Å². The predicted octanol–water partition coefficient (Wildman–Crippen LogP) is 4.12. The van der Waals surface area contributed by atoms with Gasteiger partial charge in [-0.15, -0.1) is 16.4 Å². The summed E-state index contributed by atoms with van der Waals surface area (Å²) in [5, 5.41) is 18.9. The summed E-state index contributed by atoms with van der Waals surface area (Å²) in [6.07, 6.45) is 0. The Bertz CT molecular complexity index is 984. The summed E-state index contributed by atoms with van der Waals surface area (Å²) < 4.78 is 6.55. The van der Waals surface area contributed by atoms with E-state index in [4.69, 9.17) is 10.5 Å². The summed E-state index contributed by atoms with van der Waals surface area (Å²) in [6, 6.07) is 14.0. The fourth-order valence-electron chi connectivity index (χ4n) is 2.83. The van der Waals surface area contributed by atoms with Crippen molar-refractivity contribution in [1.82, 2.24) is 10.2 Å². The smallest absolute Gasteiger partial charge is 0.244 e. The number of allylic oxidation sites excluding steroid dienone is 1. The van der Waals surface area contributed by atoms with E-state index in [9.17, 15) is 5.26 Å². The van der Waals surface area contributed by atoms with Crippen LogP contribution in [0.2, 0.25) is 0 Å². The van der Waals surface area contributed by atoms with Crippen molar-refractivity contribution in [1.29, 1.82) is 5.26 Å². The third kappa shape index (κ3) is 2.31. The number of nitriles is 1. The summed E-state index contributed by atoms with van der Waals surface area (Å²) in [5.74, 6) is 0.217. The molecule has 4 rings (SSSR count). The quantitative estimate of drug-likeness (QED) is 0.679. The predicted molar refractivity (Wildman–Crippen MR) is 95.3 cm³/mol. The van der Waals surface area contributed by atoms with Crippen LogP contribution in [0.4, 0.5) is 0 Å². The SMILES string of the molecule is N#CC1=C(N)Oc2n[nH]c(-c3ccccc3)c2[C@H]1c1cc(Br)cs1. The average Bonchev–Trinajstić information content (AvgIpc) is 3.20. The maximum atomic E-state index is 9.62. The van der Waals surface area contributed by atoms with Crippen LogP contribution in [0.15, 0.2) is 57.7 Å². The standard InChI is InChI=1S/C17H11BrN4OS/c18-10-6-12(24-8-10)13-11(7-19)16(20)23-17-14(13)15(21-22-17)9-4-2-1-3-5-9/h1-6,8,13H,20H2,(H,21,22)/t13-/m1/s1. The molecule has 3 N–H and O–H groups in total. The van der Waals surface area contributed by atoms with Crippen LogP contribution >= 0.6 is 27.3 Å². The van der Waals surface area contributed by atoms with Crippen molar-refractivity contribution < 1.29 is 4.74 Å². The van der Waals surface area contributed by atoms with Crippen molar-refractivity contribution in [3.05, 3.63) is 68.1 Å². The van der Waals surface area contributed by atoms with Crippen LogP contribution in [0.1, 0.15) is 16.4 Å². The van der Waals surface area contributed by atoms with Gasteiger partial charge in [0, 0.05) is 14.7 Å². The molecule has 118 valence electrons. The number of hydrogen-bond donors (Lipinski definition) is 2. The summed E-state index contributed by atoms with van der Waals surface area (Å²) in [6.45, 7) is 0. The molecule has 0 radical (unpaired) electrons. The third-order valence-electron chi connectivity index (χ3n) is 3.87. The number of aromatic amines is 1. The van der Waals surface area contributed by atoms with E-state index in [0.29, 0.717) is 11.5 Å². The molecular weight excluding hydrogens is 388 g/mol. The Balaban J connectivity index is 1.96. The molecule has 1 aliphatic heterocycles. The lowest BCUT2D eigenvalue weighted by molar-refractivity contribution is 0.379. The van der Waals surface area contributed by atoms with Gasteiger partial charge in [0.15, 0.2) is 0 Å². The van der Waals surface area contributed by atoms with E-state index in [1.807, 2.05) is 41.8 Å². The lowest BCUT2D eigenvalue weighted by atomic mass is 9.87. The molecule has 7 heteroatoms. The van der Waals surface area contributed by atoms with Crippen LogP contribution in [0.3, 0.4) is 0 Å². The van der Waals surface area contributed by atoms with Gasteiger partial charge < -0.3 is 10.5 Å². The van der Waals surface area contributed by atoms with Crippen LogP contribution in [0.5, 0.6) is 5.88 Å². The molecule has 0 aliphatic carbocycles. The van der Waals surface area contributed by atoms with E-state index < -0.39 is 0 Å². The number of thiophene rings is 1. The van der Waals surface area contributed by atoms with E-state index in [-0.39, 0.29) is 11.8 Å². The summed E-state index contributed by atoms with van der Waals surface area (Å²) in [5.41, 5.74) is 9.01. The molecule has 0 fully saturated rings. The van der Waals surface area contributed by atoms with Crippen LogP contribution in [0, 0.1) is 11.3 Å². The number of nitrogens with one attached hydrogen (secondary N) is 1. The molecule has 0 amide bonds. The average molecular weight is 399 g/mol. The van der Waals surface area contributed by atoms with E-state index in [0.717, 1.165) is 26.2 Å². The van der Waals surface area contributed by atoms with Crippen LogP contribution in [-0.4, -0.2) is 10.2 Å². The molecule has 1 atom stereocenters. The van der Waals surface area contributed by atoms with Gasteiger partial charge in [-0.3, -0.25) is 5.10 Å². The van der Waals surface area contributed by atoms with E-state index in [2.05, 4.69) is 32.2 Å². The lowest BCUT2D eigenvalue weighted by Gasteiger charge is -2.22. The molecule has 2 aromatic heterocycles. The highest BCUT2D eigenvalue weighted by molar-refractivity contribution is 9.10. The number of rotatable bonds is 2. The van der Waals surface area contributed by atoms with Crippen molar-refractivity contribution >= 4 is 27.3 Å². The maximum Gasteiger partial charge on any atom is 0.244 e. The van der Waals surface area contributed by atoms with Crippen molar-refractivity contribution in [3.63, 3.8) is 0 Å². The van der Waals surface area contributed by atoms with Crippen molar-refractivity contribution in [2.45, 2.75) is 5.92 Å². The molecule has 0 unspecified atom stereocenters. The first kappa shape index (κ1) is 15.0. The number of nitrogens with zero attached hydrogens (tertiary/aromatic N) is 2. The molecule has 24 heavy (non-hydrogen) atoms. The summed E-state index contributed by atoms with van der Waals surface area (Å²) in [4.78, 5) is 1.00. The monoisotopic (exact) mass is 398 g/mol. The number of nitrogens with two attached hydrogens (primary N) is 1. The number of halogens is 1. The number of ether oxygens (including phenoxy) is 1. The zero-order valence-corrected chi connectivity index (χ0v) is 14.7. The van der Waals surface area contributed by atoms with Gasteiger partial charge in [-0.1, -0.05) is 30.3 Å². The minimum atomic E-state index is -0.302. The van der Waals surface area contributed by atoms with E-state index >= 15 is 0 Å². The van der Waals surface area contributed by atoms with Gasteiger partial charge in [0.25, 0.3) is 0 Å². The molecule has 5 nitrogen and oxygen atoms in total. The molecule has 1 aliphatic rings. The van der Waals surface area contributed by atoms with Gasteiger partial charge in [-0.25, -0.2) is 0 Å². The Labute approximate surface area is 150 Å². The topological polar surface area (TPSA) is 87.7 Å². The summed E-state index contributed by atoms with van der Waals surface area (Å²) in [7, 11) is 0. The normalized spacial score (nSPS) is 16.4. The van der Waals surface area contributed by atoms with Gasteiger partial charge in [0.05, 0.1) is 17.2 Å². The van der Waals surface area contributed by atoms with E-state index in [1.165, 1.54) is 0 Å². The lowest BCUT2D eigenvalue weighted by Crippen LogP contribution is -2.20.